The number of rotatable bonds is 3. The van der Waals surface area contributed by atoms with Gasteiger partial charge in [-0.1, -0.05) is 39.0 Å². The SMILES string of the molecule is Cc1cc(C(C)(C)C)ccc1C(N)CC(=O)N(C)C. The molecule has 0 aliphatic heterocycles. The Morgan fingerprint density at radius 3 is 2.32 bits per heavy atom. The van der Waals surface area contributed by atoms with Gasteiger partial charge in [0.05, 0.1) is 0 Å². The number of hydrogen-bond acceptors (Lipinski definition) is 2. The normalized spacial score (nSPS) is 13.2. The highest BCUT2D eigenvalue weighted by Gasteiger charge is 2.18. The lowest BCUT2D eigenvalue weighted by Gasteiger charge is -2.22. The highest BCUT2D eigenvalue weighted by Crippen LogP contribution is 2.27. The van der Waals surface area contributed by atoms with E-state index in [0.717, 1.165) is 11.1 Å². The van der Waals surface area contributed by atoms with E-state index in [1.165, 1.54) is 5.56 Å². The fraction of sp³-hybridized carbons (Fsp3) is 0.562. The predicted octanol–water partition coefficient (Wildman–Crippen LogP) is 2.77. The van der Waals surface area contributed by atoms with Crippen molar-refractivity contribution in [2.24, 2.45) is 5.73 Å². The van der Waals surface area contributed by atoms with Crippen LogP contribution in [-0.4, -0.2) is 24.9 Å². The Hall–Kier alpha value is -1.35. The average molecular weight is 262 g/mol. The molecule has 3 nitrogen and oxygen atoms in total. The van der Waals surface area contributed by atoms with Gasteiger partial charge in [0.2, 0.25) is 5.91 Å². The molecule has 1 aromatic rings. The number of nitrogens with two attached hydrogens (primary N) is 1. The number of aryl methyl sites for hydroxylation is 1. The third-order valence-electron chi connectivity index (χ3n) is 3.43. The molecule has 0 aliphatic rings. The Labute approximate surface area is 116 Å². The zero-order valence-electron chi connectivity index (χ0n) is 12.9. The summed E-state index contributed by atoms with van der Waals surface area (Å²) in [5.41, 5.74) is 9.79. The molecule has 0 spiro atoms. The van der Waals surface area contributed by atoms with Gasteiger partial charge in [-0.3, -0.25) is 4.79 Å². The lowest BCUT2D eigenvalue weighted by atomic mass is 9.84. The van der Waals surface area contributed by atoms with Gasteiger partial charge in [0.25, 0.3) is 0 Å². The van der Waals surface area contributed by atoms with Gasteiger partial charge in [0, 0.05) is 26.6 Å². The molecular formula is C16H26N2O. The van der Waals surface area contributed by atoms with Crippen LogP contribution in [0.3, 0.4) is 0 Å². The van der Waals surface area contributed by atoms with Crippen LogP contribution in [0, 0.1) is 6.92 Å². The molecule has 106 valence electrons. The molecule has 1 atom stereocenters. The summed E-state index contributed by atoms with van der Waals surface area (Å²) in [4.78, 5) is 13.3. The number of nitrogens with zero attached hydrogens (tertiary/aromatic N) is 1. The molecule has 19 heavy (non-hydrogen) atoms. The summed E-state index contributed by atoms with van der Waals surface area (Å²) in [5.74, 6) is 0.0618. The van der Waals surface area contributed by atoms with Crippen molar-refractivity contribution in [3.63, 3.8) is 0 Å². The van der Waals surface area contributed by atoms with Crippen LogP contribution in [0.5, 0.6) is 0 Å². The number of benzene rings is 1. The molecule has 0 saturated heterocycles. The van der Waals surface area contributed by atoms with E-state index in [1.807, 2.05) is 0 Å². The van der Waals surface area contributed by atoms with Gasteiger partial charge in [0.15, 0.2) is 0 Å². The van der Waals surface area contributed by atoms with Crippen molar-refractivity contribution in [3.05, 3.63) is 34.9 Å². The first-order valence-corrected chi connectivity index (χ1v) is 6.69. The molecule has 2 N–H and O–H groups in total. The fourth-order valence-electron chi connectivity index (χ4n) is 2.04. The molecule has 3 heteroatoms. The van der Waals surface area contributed by atoms with Gasteiger partial charge in [-0.05, 0) is 29.0 Å². The van der Waals surface area contributed by atoms with Crippen LogP contribution in [0.15, 0.2) is 18.2 Å². The van der Waals surface area contributed by atoms with E-state index >= 15 is 0 Å². The van der Waals surface area contributed by atoms with Crippen LogP contribution in [-0.2, 0) is 10.2 Å². The van der Waals surface area contributed by atoms with E-state index in [0.29, 0.717) is 6.42 Å². The monoisotopic (exact) mass is 262 g/mol. The summed E-state index contributed by atoms with van der Waals surface area (Å²) in [6.45, 7) is 8.63. The van der Waals surface area contributed by atoms with Gasteiger partial charge >= 0.3 is 0 Å². The van der Waals surface area contributed by atoms with Crippen LogP contribution >= 0.6 is 0 Å². The lowest BCUT2D eigenvalue weighted by molar-refractivity contribution is -0.129. The maximum absolute atomic E-state index is 11.7. The van der Waals surface area contributed by atoms with Crippen molar-refractivity contribution in [1.29, 1.82) is 0 Å². The molecule has 1 amide bonds. The molecule has 0 aromatic heterocycles. The number of amides is 1. The first-order chi connectivity index (χ1) is 8.62. The van der Waals surface area contributed by atoms with Crippen LogP contribution in [0.4, 0.5) is 0 Å². The number of carbonyl (C=O) groups is 1. The Bertz CT molecular complexity index is 458. The smallest absolute Gasteiger partial charge is 0.223 e. The molecule has 1 rings (SSSR count). The summed E-state index contributed by atoms with van der Waals surface area (Å²) in [7, 11) is 3.51. The van der Waals surface area contributed by atoms with Crippen molar-refractivity contribution >= 4 is 5.91 Å². The minimum Gasteiger partial charge on any atom is -0.349 e. The molecule has 0 heterocycles. The van der Waals surface area contributed by atoms with Gasteiger partial charge in [-0.25, -0.2) is 0 Å². The summed E-state index contributed by atoms with van der Waals surface area (Å²) in [5, 5.41) is 0. The second kappa shape index (κ2) is 5.74. The Kier molecular flexibility index (Phi) is 4.75. The molecule has 1 aromatic carbocycles. The zero-order chi connectivity index (χ0) is 14.8. The molecule has 0 radical (unpaired) electrons. The van der Waals surface area contributed by atoms with Crippen molar-refractivity contribution < 1.29 is 4.79 Å². The molecule has 1 unspecified atom stereocenters. The number of hydrogen-bond donors (Lipinski definition) is 1. The van der Waals surface area contributed by atoms with Crippen molar-refractivity contribution in [3.8, 4) is 0 Å². The Morgan fingerprint density at radius 2 is 1.89 bits per heavy atom. The topological polar surface area (TPSA) is 46.3 Å². The maximum Gasteiger partial charge on any atom is 0.223 e. The molecule has 0 saturated carbocycles. The largest absolute Gasteiger partial charge is 0.349 e. The summed E-state index contributed by atoms with van der Waals surface area (Å²) in [6.07, 6.45) is 0.350. The second-order valence-corrected chi connectivity index (χ2v) is 6.42. The van der Waals surface area contributed by atoms with Crippen LogP contribution in [0.2, 0.25) is 0 Å². The van der Waals surface area contributed by atoms with Gasteiger partial charge in [-0.2, -0.15) is 0 Å². The Morgan fingerprint density at radius 1 is 1.32 bits per heavy atom. The van der Waals surface area contributed by atoms with Gasteiger partial charge in [0.1, 0.15) is 0 Å². The zero-order valence-corrected chi connectivity index (χ0v) is 12.9. The average Bonchev–Trinajstić information content (AvgIpc) is 2.27. The highest BCUT2D eigenvalue weighted by atomic mass is 16.2. The minimum atomic E-state index is -0.232. The van der Waals surface area contributed by atoms with Crippen molar-refractivity contribution in [2.45, 2.75) is 45.6 Å². The van der Waals surface area contributed by atoms with E-state index < -0.39 is 0 Å². The van der Waals surface area contributed by atoms with E-state index in [4.69, 9.17) is 5.73 Å². The maximum atomic E-state index is 11.7. The molecule has 0 aliphatic carbocycles. The molecule has 0 fully saturated rings. The van der Waals surface area contributed by atoms with E-state index in [-0.39, 0.29) is 17.4 Å². The molecular weight excluding hydrogens is 236 g/mol. The first-order valence-electron chi connectivity index (χ1n) is 6.69. The number of carbonyl (C=O) groups excluding carboxylic acids is 1. The third-order valence-corrected chi connectivity index (χ3v) is 3.43. The molecule has 0 bridgehead atoms. The highest BCUT2D eigenvalue weighted by molar-refractivity contribution is 5.76. The van der Waals surface area contributed by atoms with Gasteiger partial charge < -0.3 is 10.6 Å². The summed E-state index contributed by atoms with van der Waals surface area (Å²) < 4.78 is 0. The van der Waals surface area contributed by atoms with Crippen molar-refractivity contribution in [2.75, 3.05) is 14.1 Å². The van der Waals surface area contributed by atoms with Crippen LogP contribution in [0.25, 0.3) is 0 Å². The van der Waals surface area contributed by atoms with Crippen LogP contribution in [0.1, 0.15) is 49.9 Å². The minimum absolute atomic E-state index is 0.0618. The van der Waals surface area contributed by atoms with Crippen LogP contribution < -0.4 is 5.73 Å². The van der Waals surface area contributed by atoms with Crippen molar-refractivity contribution in [1.82, 2.24) is 4.90 Å². The fourth-order valence-corrected chi connectivity index (χ4v) is 2.04. The predicted molar refractivity (Wildman–Crippen MR) is 80.1 cm³/mol. The summed E-state index contributed by atoms with van der Waals surface area (Å²) >= 11 is 0. The lowest BCUT2D eigenvalue weighted by Crippen LogP contribution is -2.26. The van der Waals surface area contributed by atoms with E-state index in [9.17, 15) is 4.79 Å². The van der Waals surface area contributed by atoms with E-state index in [2.05, 4.69) is 45.9 Å². The summed E-state index contributed by atoms with van der Waals surface area (Å²) in [6, 6.07) is 6.12. The second-order valence-electron chi connectivity index (χ2n) is 6.42. The Balaban J connectivity index is 2.94. The van der Waals surface area contributed by atoms with Gasteiger partial charge in [-0.15, -0.1) is 0 Å². The standard InChI is InChI=1S/C16H26N2O/c1-11-9-12(16(2,3)4)7-8-13(11)14(17)10-15(19)18(5)6/h7-9,14H,10,17H2,1-6H3. The third kappa shape index (κ3) is 4.06. The quantitative estimate of drug-likeness (QED) is 0.910. The van der Waals surface area contributed by atoms with E-state index in [1.54, 1.807) is 19.0 Å². The first kappa shape index (κ1) is 15.7.